The molecule has 0 aliphatic heterocycles. The third kappa shape index (κ3) is 5.00. The normalized spacial score (nSPS) is 10.5. The van der Waals surface area contributed by atoms with Crippen LogP contribution >= 0.6 is 0 Å². The summed E-state index contributed by atoms with van der Waals surface area (Å²) in [5.41, 5.74) is 1.48. The predicted octanol–water partition coefficient (Wildman–Crippen LogP) is 3.62. The van der Waals surface area contributed by atoms with Gasteiger partial charge in [-0.1, -0.05) is 11.2 Å². The summed E-state index contributed by atoms with van der Waals surface area (Å²) in [5, 5.41) is 6.55. The zero-order chi connectivity index (χ0) is 19.9. The summed E-state index contributed by atoms with van der Waals surface area (Å²) in [4.78, 5) is 28.1. The van der Waals surface area contributed by atoms with Crippen molar-refractivity contribution >= 4 is 17.6 Å². The Bertz CT molecular complexity index is 970. The average molecular weight is 383 g/mol. The maximum atomic E-state index is 13.0. The maximum absolute atomic E-state index is 13.0. The molecule has 0 aliphatic rings. The van der Waals surface area contributed by atoms with Gasteiger partial charge in [-0.15, -0.1) is 0 Å². The number of benzene rings is 2. The first-order valence-electron chi connectivity index (χ1n) is 8.70. The summed E-state index contributed by atoms with van der Waals surface area (Å²) in [6.07, 6.45) is 0.367. The number of aromatic nitrogens is 2. The average Bonchev–Trinajstić information content (AvgIpc) is 3.16. The minimum Gasteiger partial charge on any atom is -0.462 e. The Morgan fingerprint density at radius 2 is 1.96 bits per heavy atom. The van der Waals surface area contributed by atoms with Crippen LogP contribution in [-0.2, 0) is 16.0 Å². The topological polar surface area (TPSA) is 94.3 Å². The van der Waals surface area contributed by atoms with E-state index in [1.807, 2.05) is 0 Å². The molecule has 0 atom stereocenters. The van der Waals surface area contributed by atoms with E-state index in [0.29, 0.717) is 28.5 Å². The molecule has 0 aliphatic carbocycles. The van der Waals surface area contributed by atoms with Crippen LogP contribution in [0.25, 0.3) is 11.4 Å². The quantitative estimate of drug-likeness (QED) is 0.626. The van der Waals surface area contributed by atoms with E-state index in [4.69, 9.17) is 9.26 Å². The summed E-state index contributed by atoms with van der Waals surface area (Å²) in [5.74, 6) is -0.427. The Balaban J connectivity index is 1.56. The number of aryl methyl sites for hydroxylation is 1. The van der Waals surface area contributed by atoms with Gasteiger partial charge in [0.1, 0.15) is 5.82 Å². The monoisotopic (exact) mass is 383 g/mol. The number of ether oxygens (including phenoxy) is 1. The number of rotatable bonds is 7. The zero-order valence-corrected chi connectivity index (χ0v) is 15.1. The Morgan fingerprint density at radius 1 is 1.18 bits per heavy atom. The Labute approximate surface area is 160 Å². The standard InChI is InChI=1S/C20H18FN3O4/c1-2-27-20(26)14-4-3-5-16(12-14)22-17(25)10-11-18-23-19(24-28-18)13-6-8-15(21)9-7-13/h3-9,12H,2,10-11H2,1H3,(H,22,25). The minimum atomic E-state index is -0.446. The molecule has 2 aromatic carbocycles. The number of esters is 1. The molecule has 0 unspecified atom stereocenters. The number of halogens is 1. The van der Waals surface area contributed by atoms with Gasteiger partial charge in [0.25, 0.3) is 0 Å². The van der Waals surface area contributed by atoms with E-state index in [2.05, 4.69) is 15.5 Å². The highest BCUT2D eigenvalue weighted by Crippen LogP contribution is 2.17. The molecule has 0 fully saturated rings. The van der Waals surface area contributed by atoms with Gasteiger partial charge < -0.3 is 14.6 Å². The fourth-order valence-corrected chi connectivity index (χ4v) is 2.45. The number of hydrogen-bond donors (Lipinski definition) is 1. The van der Waals surface area contributed by atoms with Crippen LogP contribution in [0, 0.1) is 5.82 Å². The number of anilines is 1. The van der Waals surface area contributed by atoms with Gasteiger partial charge in [-0.3, -0.25) is 4.79 Å². The smallest absolute Gasteiger partial charge is 0.338 e. The third-order valence-electron chi connectivity index (χ3n) is 3.79. The summed E-state index contributed by atoms with van der Waals surface area (Å²) in [6.45, 7) is 2.00. The van der Waals surface area contributed by atoms with Gasteiger partial charge in [0, 0.05) is 24.1 Å². The Morgan fingerprint density at radius 3 is 2.71 bits per heavy atom. The van der Waals surface area contributed by atoms with E-state index in [9.17, 15) is 14.0 Å². The van der Waals surface area contributed by atoms with Gasteiger partial charge in [0.2, 0.25) is 17.6 Å². The van der Waals surface area contributed by atoms with Crippen molar-refractivity contribution in [2.24, 2.45) is 0 Å². The molecule has 3 rings (SSSR count). The van der Waals surface area contributed by atoms with Crippen LogP contribution in [0.4, 0.5) is 10.1 Å². The SMILES string of the molecule is CCOC(=O)c1cccc(NC(=O)CCc2nc(-c3ccc(F)cc3)no2)c1. The maximum Gasteiger partial charge on any atom is 0.338 e. The molecule has 7 nitrogen and oxygen atoms in total. The van der Waals surface area contributed by atoms with Crippen molar-refractivity contribution in [1.82, 2.24) is 10.1 Å². The van der Waals surface area contributed by atoms with Crippen molar-refractivity contribution in [2.45, 2.75) is 19.8 Å². The van der Waals surface area contributed by atoms with Gasteiger partial charge in [-0.05, 0) is 49.4 Å². The highest BCUT2D eigenvalue weighted by atomic mass is 19.1. The zero-order valence-electron chi connectivity index (χ0n) is 15.1. The van der Waals surface area contributed by atoms with Crippen LogP contribution in [0.3, 0.4) is 0 Å². The lowest BCUT2D eigenvalue weighted by Gasteiger charge is -2.06. The molecule has 8 heteroatoms. The molecule has 0 saturated carbocycles. The van der Waals surface area contributed by atoms with Crippen molar-refractivity contribution in [3.05, 3.63) is 65.8 Å². The first-order chi connectivity index (χ1) is 13.5. The lowest BCUT2D eigenvalue weighted by Crippen LogP contribution is -2.13. The minimum absolute atomic E-state index is 0.120. The number of nitrogens with one attached hydrogen (secondary N) is 1. The largest absolute Gasteiger partial charge is 0.462 e. The third-order valence-corrected chi connectivity index (χ3v) is 3.79. The Kier molecular flexibility index (Phi) is 6.11. The number of amides is 1. The highest BCUT2D eigenvalue weighted by molar-refractivity contribution is 5.94. The molecule has 144 valence electrons. The second-order valence-corrected chi connectivity index (χ2v) is 5.87. The molecule has 1 aromatic heterocycles. The molecule has 0 saturated heterocycles. The fourth-order valence-electron chi connectivity index (χ4n) is 2.45. The van der Waals surface area contributed by atoms with E-state index in [1.54, 1.807) is 43.3 Å². The molecule has 0 spiro atoms. The molecular weight excluding hydrogens is 365 g/mol. The van der Waals surface area contributed by atoms with Crippen molar-refractivity contribution in [1.29, 1.82) is 0 Å². The van der Waals surface area contributed by atoms with Crippen molar-refractivity contribution in [2.75, 3.05) is 11.9 Å². The van der Waals surface area contributed by atoms with E-state index in [-0.39, 0.29) is 31.2 Å². The van der Waals surface area contributed by atoms with Crippen LogP contribution in [0.1, 0.15) is 29.6 Å². The van der Waals surface area contributed by atoms with E-state index in [0.717, 1.165) is 0 Å². The van der Waals surface area contributed by atoms with Crippen LogP contribution in [0.2, 0.25) is 0 Å². The molecule has 0 bridgehead atoms. The van der Waals surface area contributed by atoms with Gasteiger partial charge >= 0.3 is 5.97 Å². The van der Waals surface area contributed by atoms with Crippen molar-refractivity contribution in [3.63, 3.8) is 0 Å². The van der Waals surface area contributed by atoms with E-state index < -0.39 is 5.97 Å². The van der Waals surface area contributed by atoms with Crippen LogP contribution < -0.4 is 5.32 Å². The second-order valence-electron chi connectivity index (χ2n) is 5.87. The van der Waals surface area contributed by atoms with Gasteiger partial charge in [0.05, 0.1) is 12.2 Å². The molecule has 1 amide bonds. The number of carbonyl (C=O) groups excluding carboxylic acids is 2. The predicted molar refractivity (Wildman–Crippen MR) is 99.0 cm³/mol. The van der Waals surface area contributed by atoms with Crippen molar-refractivity contribution < 1.29 is 23.2 Å². The van der Waals surface area contributed by atoms with Gasteiger partial charge in [0.15, 0.2) is 0 Å². The number of hydrogen-bond acceptors (Lipinski definition) is 6. The number of nitrogens with zero attached hydrogens (tertiary/aromatic N) is 2. The first-order valence-corrected chi connectivity index (χ1v) is 8.70. The summed E-state index contributed by atoms with van der Waals surface area (Å²) in [6, 6.07) is 12.2. The molecular formula is C20H18FN3O4. The molecule has 1 N–H and O–H groups in total. The molecule has 0 radical (unpaired) electrons. The van der Waals surface area contributed by atoms with Crippen molar-refractivity contribution in [3.8, 4) is 11.4 Å². The molecule has 28 heavy (non-hydrogen) atoms. The second kappa shape index (κ2) is 8.90. The lowest BCUT2D eigenvalue weighted by molar-refractivity contribution is -0.116. The van der Waals surface area contributed by atoms with E-state index >= 15 is 0 Å². The first kappa shape index (κ1) is 19.2. The van der Waals surface area contributed by atoms with Crippen LogP contribution in [0.5, 0.6) is 0 Å². The van der Waals surface area contributed by atoms with Gasteiger partial charge in [-0.25, -0.2) is 9.18 Å². The summed E-state index contributed by atoms with van der Waals surface area (Å²) >= 11 is 0. The summed E-state index contributed by atoms with van der Waals surface area (Å²) in [7, 11) is 0. The van der Waals surface area contributed by atoms with Gasteiger partial charge in [-0.2, -0.15) is 4.98 Å². The number of carbonyl (C=O) groups is 2. The molecule has 3 aromatic rings. The van der Waals surface area contributed by atoms with Crippen LogP contribution in [-0.4, -0.2) is 28.6 Å². The Hall–Kier alpha value is -3.55. The van der Waals surface area contributed by atoms with E-state index in [1.165, 1.54) is 12.1 Å². The molecule has 1 heterocycles. The fraction of sp³-hybridized carbons (Fsp3) is 0.200. The summed E-state index contributed by atoms with van der Waals surface area (Å²) < 4.78 is 23.0. The van der Waals surface area contributed by atoms with Crippen LogP contribution in [0.15, 0.2) is 53.1 Å². The lowest BCUT2D eigenvalue weighted by atomic mass is 10.2. The highest BCUT2D eigenvalue weighted by Gasteiger charge is 2.12.